The zero-order chi connectivity index (χ0) is 62.4. The summed E-state index contributed by atoms with van der Waals surface area (Å²) >= 11 is 0. The number of anilines is 6. The molecule has 94 heavy (non-hydrogen) atoms. The standard InChI is InChI=1S/C90H74N4/c1-3-23-65-57-85(93(78-40-19-31-63-29-11-13-33-69(63)78)83-43-22-42-82-89(83)75-36-16-18-39-81(75)91(82)67-49-45-61(46-50-67)59-25-7-5-8-26-59)76-55-53-72-66(24-4-2)58-86(77-56-54-71(65)87(76)88(72)77)94(79-41-20-32-64-30-12-14-34-70(64)79)84-44-21-37-74-73-35-15-17-38-80(73)92(90(74)84)68-51-47-62(48-52-68)60-27-9-6-10-28-60/h5-10,15-22,25-28,31-32,35-58H,3-4,11-14,23-24,29-30,33-34H2,1-2H3. The first-order valence-corrected chi connectivity index (χ1v) is 34.5. The van der Waals surface area contributed by atoms with Gasteiger partial charge in [-0.1, -0.05) is 215 Å². The highest BCUT2D eigenvalue weighted by molar-refractivity contribution is 6.30. The highest BCUT2D eigenvalue weighted by atomic mass is 15.2. The lowest BCUT2D eigenvalue weighted by Crippen LogP contribution is -2.17. The highest BCUT2D eigenvalue weighted by Crippen LogP contribution is 2.54. The Bertz CT molecular complexity index is 5580. The van der Waals surface area contributed by atoms with Crippen LogP contribution in [0.2, 0.25) is 0 Å². The molecule has 0 fully saturated rings. The monoisotopic (exact) mass is 1210 g/mol. The minimum atomic E-state index is 0.956. The fraction of sp³-hybridized carbons (Fsp3) is 0.156. The summed E-state index contributed by atoms with van der Waals surface area (Å²) < 4.78 is 5.06. The van der Waals surface area contributed by atoms with Crippen molar-refractivity contribution >= 4 is 110 Å². The molecule has 4 heteroatoms. The maximum absolute atomic E-state index is 2.73. The van der Waals surface area contributed by atoms with Crippen LogP contribution < -0.4 is 9.80 Å². The number of aromatic nitrogens is 2. The third kappa shape index (κ3) is 9.01. The Kier molecular flexibility index (Phi) is 13.8. The van der Waals surface area contributed by atoms with Gasteiger partial charge in [0.25, 0.3) is 0 Å². The Morgan fingerprint density at radius 3 is 1.27 bits per heavy atom. The summed E-state index contributed by atoms with van der Waals surface area (Å²) in [5.74, 6) is 0. The highest BCUT2D eigenvalue weighted by Gasteiger charge is 2.31. The Balaban J connectivity index is 0.922. The van der Waals surface area contributed by atoms with Crippen LogP contribution in [0.25, 0.3) is 110 Å². The number of para-hydroxylation sites is 3. The smallest absolute Gasteiger partial charge is 0.0782 e. The van der Waals surface area contributed by atoms with Crippen molar-refractivity contribution in [1.82, 2.24) is 9.13 Å². The average molecular weight is 1210 g/mol. The third-order valence-corrected chi connectivity index (χ3v) is 21.1. The third-order valence-electron chi connectivity index (χ3n) is 21.1. The minimum absolute atomic E-state index is 0.956. The lowest BCUT2D eigenvalue weighted by molar-refractivity contribution is 0.686. The predicted octanol–water partition coefficient (Wildman–Crippen LogP) is 24.7. The molecule has 454 valence electrons. The van der Waals surface area contributed by atoms with Gasteiger partial charge in [0.2, 0.25) is 0 Å². The SMILES string of the molecule is CCCc1cc(N(c2cccc3c2CCCC3)c2cccc3c2c2ccccc2n3-c2ccc(-c3ccccc3)cc2)c2ccc3c(CCC)cc(N(c4cccc5c4CCCC5)c4cccc5c6ccccc6n(-c6ccc(-c7ccccc7)cc6)c45)c4ccc1c2c34. The summed E-state index contributed by atoms with van der Waals surface area (Å²) in [6.45, 7) is 4.72. The number of hydrogen-bond acceptors (Lipinski definition) is 2. The second kappa shape index (κ2) is 23.2. The van der Waals surface area contributed by atoms with Gasteiger partial charge in [-0.15, -0.1) is 0 Å². The van der Waals surface area contributed by atoms with E-state index in [4.69, 9.17) is 0 Å². The maximum atomic E-state index is 2.73. The first kappa shape index (κ1) is 56.1. The van der Waals surface area contributed by atoms with E-state index in [2.05, 4.69) is 300 Å². The van der Waals surface area contributed by atoms with Gasteiger partial charge in [-0.3, -0.25) is 0 Å². The molecule has 2 aliphatic carbocycles. The lowest BCUT2D eigenvalue weighted by atomic mass is 9.85. The average Bonchev–Trinajstić information content (AvgIpc) is 0.923. The van der Waals surface area contributed by atoms with Crippen molar-refractivity contribution in [3.8, 4) is 33.6 Å². The Morgan fingerprint density at radius 1 is 0.287 bits per heavy atom. The molecule has 2 aromatic heterocycles. The summed E-state index contributed by atoms with van der Waals surface area (Å²) in [4.78, 5) is 5.46. The number of nitrogens with zero attached hydrogens (tertiary/aromatic N) is 4. The van der Waals surface area contributed by atoms with E-state index < -0.39 is 0 Å². The van der Waals surface area contributed by atoms with Crippen molar-refractivity contribution < 1.29 is 0 Å². The number of aryl methyl sites for hydroxylation is 4. The topological polar surface area (TPSA) is 16.3 Å². The molecule has 0 saturated carbocycles. The van der Waals surface area contributed by atoms with Gasteiger partial charge in [0.15, 0.2) is 0 Å². The molecule has 4 nitrogen and oxygen atoms in total. The molecule has 0 spiro atoms. The zero-order valence-electron chi connectivity index (χ0n) is 53.7. The van der Waals surface area contributed by atoms with Gasteiger partial charge >= 0.3 is 0 Å². The van der Waals surface area contributed by atoms with Crippen LogP contribution in [0.4, 0.5) is 34.1 Å². The van der Waals surface area contributed by atoms with Gasteiger partial charge in [-0.2, -0.15) is 0 Å². The number of rotatable bonds is 14. The molecule has 0 radical (unpaired) electrons. The van der Waals surface area contributed by atoms with E-state index in [1.54, 1.807) is 0 Å². The van der Waals surface area contributed by atoms with Crippen LogP contribution in [0.3, 0.4) is 0 Å². The van der Waals surface area contributed by atoms with Gasteiger partial charge in [0, 0.05) is 55.1 Å². The van der Waals surface area contributed by atoms with E-state index in [1.807, 2.05) is 0 Å². The van der Waals surface area contributed by atoms with Crippen LogP contribution in [0, 0.1) is 0 Å². The van der Waals surface area contributed by atoms with Gasteiger partial charge in [-0.05, 0) is 220 Å². The molecule has 0 bridgehead atoms. The van der Waals surface area contributed by atoms with E-state index in [-0.39, 0.29) is 0 Å². The summed E-state index contributed by atoms with van der Waals surface area (Å²) in [5.41, 5.74) is 28.1. The van der Waals surface area contributed by atoms with Crippen molar-refractivity contribution in [3.63, 3.8) is 0 Å². The first-order valence-electron chi connectivity index (χ1n) is 34.5. The van der Waals surface area contributed by atoms with E-state index in [0.717, 1.165) is 62.7 Å². The zero-order valence-corrected chi connectivity index (χ0v) is 53.7. The molecule has 0 aliphatic heterocycles. The molecular formula is C90H74N4. The van der Waals surface area contributed by atoms with E-state index in [0.29, 0.717) is 0 Å². The number of fused-ring (bicyclic) bond motifs is 8. The van der Waals surface area contributed by atoms with Crippen LogP contribution in [0.1, 0.15) is 85.8 Å². The first-order chi connectivity index (χ1) is 46.6. The van der Waals surface area contributed by atoms with Crippen molar-refractivity contribution in [2.45, 2.75) is 90.9 Å². The Labute approximate surface area is 550 Å². The Hall–Kier alpha value is -10.7. The Morgan fingerprint density at radius 2 is 0.702 bits per heavy atom. The summed E-state index contributed by atoms with van der Waals surface area (Å²) in [5, 5.41) is 13.0. The quantitative estimate of drug-likeness (QED) is 0.101. The van der Waals surface area contributed by atoms with Crippen LogP contribution in [0.15, 0.2) is 267 Å². The van der Waals surface area contributed by atoms with Crippen molar-refractivity contribution in [2.24, 2.45) is 0 Å². The van der Waals surface area contributed by atoms with E-state index in [1.165, 1.54) is 191 Å². The summed E-state index contributed by atoms with van der Waals surface area (Å²) in [6.07, 6.45) is 13.0. The molecule has 0 amide bonds. The molecule has 0 atom stereocenters. The van der Waals surface area contributed by atoms with E-state index >= 15 is 0 Å². The number of hydrogen-bond donors (Lipinski definition) is 0. The second-order valence-corrected chi connectivity index (χ2v) is 26.5. The molecule has 2 heterocycles. The fourth-order valence-corrected chi connectivity index (χ4v) is 16.9. The van der Waals surface area contributed by atoms with Crippen LogP contribution >= 0.6 is 0 Å². The molecule has 0 unspecified atom stereocenters. The maximum Gasteiger partial charge on any atom is 0.0782 e. The molecule has 2 aliphatic rings. The summed E-state index contributed by atoms with van der Waals surface area (Å²) in [6, 6.07) is 102. The van der Waals surface area contributed by atoms with Crippen molar-refractivity contribution in [3.05, 3.63) is 300 Å². The largest absolute Gasteiger partial charge is 0.309 e. The normalized spacial score (nSPS) is 13.3. The predicted molar refractivity (Wildman–Crippen MR) is 400 cm³/mol. The molecule has 0 saturated heterocycles. The van der Waals surface area contributed by atoms with Crippen LogP contribution in [0.5, 0.6) is 0 Å². The van der Waals surface area contributed by atoms with Crippen LogP contribution in [-0.2, 0) is 38.5 Å². The van der Waals surface area contributed by atoms with Gasteiger partial charge in [0.05, 0.1) is 44.8 Å². The van der Waals surface area contributed by atoms with Gasteiger partial charge in [-0.25, -0.2) is 0 Å². The fourth-order valence-electron chi connectivity index (χ4n) is 16.9. The lowest BCUT2D eigenvalue weighted by Gasteiger charge is -2.34. The molecule has 16 aromatic rings. The van der Waals surface area contributed by atoms with Gasteiger partial charge < -0.3 is 18.9 Å². The van der Waals surface area contributed by atoms with Gasteiger partial charge in [0.1, 0.15) is 0 Å². The minimum Gasteiger partial charge on any atom is -0.309 e. The molecule has 0 N–H and O–H groups in total. The molecule has 14 aromatic carbocycles. The number of benzene rings is 14. The van der Waals surface area contributed by atoms with Crippen LogP contribution in [-0.4, -0.2) is 9.13 Å². The molecular weight excluding hydrogens is 1140 g/mol. The molecule has 18 rings (SSSR count). The van der Waals surface area contributed by atoms with E-state index in [9.17, 15) is 0 Å². The summed E-state index contributed by atoms with van der Waals surface area (Å²) in [7, 11) is 0. The van der Waals surface area contributed by atoms with Crippen molar-refractivity contribution in [1.29, 1.82) is 0 Å². The second-order valence-electron chi connectivity index (χ2n) is 26.5. The van der Waals surface area contributed by atoms with Crippen molar-refractivity contribution in [2.75, 3.05) is 9.80 Å².